The summed E-state index contributed by atoms with van der Waals surface area (Å²) in [7, 11) is 1.72. The van der Waals surface area contributed by atoms with Gasteiger partial charge in [-0.05, 0) is 50.8 Å². The number of benzene rings is 1. The van der Waals surface area contributed by atoms with Crippen molar-refractivity contribution in [2.75, 3.05) is 19.7 Å². The average molecular weight is 387 g/mol. The van der Waals surface area contributed by atoms with Crippen LogP contribution in [0, 0.1) is 18.2 Å². The highest BCUT2D eigenvalue weighted by Gasteiger charge is 2.45. The van der Waals surface area contributed by atoms with Crippen molar-refractivity contribution in [3.8, 4) is 0 Å². The van der Waals surface area contributed by atoms with E-state index in [1.165, 1.54) is 6.07 Å². The lowest BCUT2D eigenvalue weighted by molar-refractivity contribution is -0.158. The number of piperidine rings is 1. The summed E-state index contributed by atoms with van der Waals surface area (Å²) in [5, 5.41) is 4.24. The van der Waals surface area contributed by atoms with Crippen LogP contribution in [0.1, 0.15) is 41.5 Å². The second-order valence-corrected chi connectivity index (χ2v) is 7.39. The third-order valence-corrected chi connectivity index (χ3v) is 5.28. The van der Waals surface area contributed by atoms with Gasteiger partial charge < -0.3 is 9.64 Å². The zero-order valence-corrected chi connectivity index (χ0v) is 16.6. The van der Waals surface area contributed by atoms with Crippen molar-refractivity contribution in [2.45, 2.75) is 33.1 Å². The zero-order chi connectivity index (χ0) is 20.3. The van der Waals surface area contributed by atoms with Crippen LogP contribution in [0.15, 0.2) is 30.3 Å². The van der Waals surface area contributed by atoms with Crippen molar-refractivity contribution in [3.63, 3.8) is 0 Å². The molecule has 28 heavy (non-hydrogen) atoms. The van der Waals surface area contributed by atoms with E-state index < -0.39 is 5.41 Å². The normalized spacial score (nSPS) is 19.5. The van der Waals surface area contributed by atoms with Gasteiger partial charge in [-0.3, -0.25) is 14.3 Å². The number of rotatable bonds is 5. The molecule has 2 heterocycles. The number of hydrogen-bond donors (Lipinski definition) is 0. The molecule has 1 amide bonds. The van der Waals surface area contributed by atoms with Crippen molar-refractivity contribution in [1.82, 2.24) is 14.7 Å². The molecule has 1 saturated heterocycles. The molecule has 3 rings (SSSR count). The fourth-order valence-corrected chi connectivity index (χ4v) is 3.95. The van der Waals surface area contributed by atoms with Gasteiger partial charge in [0, 0.05) is 20.1 Å². The molecule has 1 aromatic heterocycles. The van der Waals surface area contributed by atoms with Gasteiger partial charge in [0.15, 0.2) is 0 Å². The third-order valence-electron chi connectivity index (χ3n) is 5.28. The number of nitrogens with zero attached hydrogens (tertiary/aromatic N) is 3. The first kappa shape index (κ1) is 20.0. The van der Waals surface area contributed by atoms with Gasteiger partial charge in [0.05, 0.1) is 17.7 Å². The van der Waals surface area contributed by atoms with Gasteiger partial charge in [-0.25, -0.2) is 4.39 Å². The number of carbonyl (C=O) groups excluding carboxylic acids is 2. The fraction of sp³-hybridized carbons (Fsp3) is 0.476. The molecule has 150 valence electrons. The number of likely N-dealkylation sites (tertiary alicyclic amines) is 1. The molecule has 1 aliphatic heterocycles. The summed E-state index contributed by atoms with van der Waals surface area (Å²) in [4.78, 5) is 27.6. The van der Waals surface area contributed by atoms with Gasteiger partial charge >= 0.3 is 5.97 Å². The van der Waals surface area contributed by atoms with Crippen LogP contribution in [0.2, 0.25) is 0 Å². The largest absolute Gasteiger partial charge is 0.466 e. The van der Waals surface area contributed by atoms with Crippen molar-refractivity contribution in [2.24, 2.45) is 12.5 Å². The van der Waals surface area contributed by atoms with Gasteiger partial charge in [-0.2, -0.15) is 5.10 Å². The first-order valence-electron chi connectivity index (χ1n) is 9.57. The molecule has 0 bridgehead atoms. The molecule has 1 aliphatic rings. The monoisotopic (exact) mass is 387 g/mol. The minimum atomic E-state index is -0.959. The minimum absolute atomic E-state index is 0.176. The van der Waals surface area contributed by atoms with E-state index in [1.807, 2.05) is 6.92 Å². The van der Waals surface area contributed by atoms with E-state index in [4.69, 9.17) is 4.74 Å². The van der Waals surface area contributed by atoms with Crippen LogP contribution >= 0.6 is 0 Å². The Bertz CT molecular complexity index is 880. The van der Waals surface area contributed by atoms with Gasteiger partial charge in [0.25, 0.3) is 5.91 Å². The lowest BCUT2D eigenvalue weighted by atomic mass is 9.75. The average Bonchev–Trinajstić information content (AvgIpc) is 3.01. The lowest BCUT2D eigenvalue weighted by Gasteiger charge is -2.41. The van der Waals surface area contributed by atoms with Crippen molar-refractivity contribution in [1.29, 1.82) is 0 Å². The van der Waals surface area contributed by atoms with Crippen LogP contribution in [0.25, 0.3) is 0 Å². The number of carbonyl (C=O) groups is 2. The predicted octanol–water partition coefficient (Wildman–Crippen LogP) is 2.90. The van der Waals surface area contributed by atoms with E-state index in [0.717, 1.165) is 5.69 Å². The molecular formula is C21H26FN3O3. The van der Waals surface area contributed by atoms with Crippen LogP contribution in [0.4, 0.5) is 4.39 Å². The highest BCUT2D eigenvalue weighted by Crippen LogP contribution is 2.36. The quantitative estimate of drug-likeness (QED) is 0.740. The lowest BCUT2D eigenvalue weighted by Crippen LogP contribution is -2.52. The highest BCUT2D eigenvalue weighted by atomic mass is 19.1. The number of hydrogen-bond acceptors (Lipinski definition) is 4. The number of ether oxygens (including phenoxy) is 1. The fourth-order valence-electron chi connectivity index (χ4n) is 3.95. The van der Waals surface area contributed by atoms with Crippen molar-refractivity contribution in [3.05, 3.63) is 53.1 Å². The minimum Gasteiger partial charge on any atom is -0.466 e. The molecule has 0 spiro atoms. The van der Waals surface area contributed by atoms with E-state index in [9.17, 15) is 14.0 Å². The first-order valence-corrected chi connectivity index (χ1v) is 9.57. The third kappa shape index (κ3) is 3.93. The summed E-state index contributed by atoms with van der Waals surface area (Å²) in [6.07, 6.45) is 1.40. The van der Waals surface area contributed by atoms with Gasteiger partial charge in [0.1, 0.15) is 11.5 Å². The number of esters is 1. The summed E-state index contributed by atoms with van der Waals surface area (Å²) in [5.74, 6) is -0.904. The molecule has 6 nitrogen and oxygen atoms in total. The van der Waals surface area contributed by atoms with Gasteiger partial charge in [-0.15, -0.1) is 0 Å². The summed E-state index contributed by atoms with van der Waals surface area (Å²) < 4.78 is 21.2. The van der Waals surface area contributed by atoms with Crippen LogP contribution < -0.4 is 0 Å². The van der Waals surface area contributed by atoms with E-state index in [-0.39, 0.29) is 37.3 Å². The predicted molar refractivity (Wildman–Crippen MR) is 102 cm³/mol. The van der Waals surface area contributed by atoms with E-state index in [2.05, 4.69) is 5.10 Å². The molecule has 2 aromatic rings. The van der Waals surface area contributed by atoms with E-state index in [1.54, 1.807) is 47.8 Å². The number of amides is 1. The Morgan fingerprint density at radius 1 is 1.32 bits per heavy atom. The van der Waals surface area contributed by atoms with Gasteiger partial charge in [0.2, 0.25) is 0 Å². The van der Waals surface area contributed by atoms with Crippen LogP contribution in [0.3, 0.4) is 0 Å². The summed E-state index contributed by atoms with van der Waals surface area (Å²) in [5.41, 5.74) is 0.731. The Kier molecular flexibility index (Phi) is 5.82. The Morgan fingerprint density at radius 2 is 2.07 bits per heavy atom. The maximum absolute atomic E-state index is 14.3. The summed E-state index contributed by atoms with van der Waals surface area (Å²) in [6, 6.07) is 8.18. The molecule has 0 radical (unpaired) electrons. The van der Waals surface area contributed by atoms with Gasteiger partial charge in [-0.1, -0.05) is 18.2 Å². The van der Waals surface area contributed by atoms with Crippen LogP contribution in [-0.2, 0) is 23.0 Å². The van der Waals surface area contributed by atoms with Crippen LogP contribution in [0.5, 0.6) is 0 Å². The number of aryl methyl sites for hydroxylation is 2. The topological polar surface area (TPSA) is 64.4 Å². The molecule has 0 N–H and O–H groups in total. The van der Waals surface area contributed by atoms with E-state index >= 15 is 0 Å². The molecule has 0 aliphatic carbocycles. The standard InChI is InChI=1S/C21H26FN3O3/c1-4-28-20(27)21(13-16-8-5-6-9-17(16)22)10-7-11-25(14-21)19(26)18-12-15(2)23-24(18)3/h5-6,8-9,12H,4,7,10-11,13-14H2,1-3H3/t21-/m0/s1. The highest BCUT2D eigenvalue weighted by molar-refractivity contribution is 5.93. The molecule has 1 aromatic carbocycles. The molecule has 0 unspecified atom stereocenters. The molecule has 0 saturated carbocycles. The Balaban J connectivity index is 1.91. The van der Waals surface area contributed by atoms with E-state index in [0.29, 0.717) is 30.6 Å². The smallest absolute Gasteiger partial charge is 0.314 e. The van der Waals surface area contributed by atoms with Crippen LogP contribution in [-0.4, -0.2) is 46.3 Å². The molecule has 1 atom stereocenters. The Morgan fingerprint density at radius 3 is 2.71 bits per heavy atom. The first-order chi connectivity index (χ1) is 13.4. The zero-order valence-electron chi connectivity index (χ0n) is 16.6. The molecule has 7 heteroatoms. The number of aromatic nitrogens is 2. The maximum Gasteiger partial charge on any atom is 0.314 e. The summed E-state index contributed by atoms with van der Waals surface area (Å²) in [6.45, 7) is 4.56. The number of halogens is 1. The van der Waals surface area contributed by atoms with Crippen molar-refractivity contribution >= 4 is 11.9 Å². The summed E-state index contributed by atoms with van der Waals surface area (Å²) >= 11 is 0. The second kappa shape index (κ2) is 8.12. The van der Waals surface area contributed by atoms with Crippen molar-refractivity contribution < 1.29 is 18.7 Å². The second-order valence-electron chi connectivity index (χ2n) is 7.39. The Hall–Kier alpha value is -2.70. The molecular weight excluding hydrogens is 361 g/mol. The molecule has 1 fully saturated rings. The Labute approximate surface area is 164 Å². The maximum atomic E-state index is 14.3. The SMILES string of the molecule is CCOC(=O)[C@]1(Cc2ccccc2F)CCCN(C(=O)c2cc(C)nn2C)C1.